The highest BCUT2D eigenvalue weighted by molar-refractivity contribution is 5.34. The van der Waals surface area contributed by atoms with Gasteiger partial charge in [0.1, 0.15) is 0 Å². The Morgan fingerprint density at radius 2 is 2.26 bits per heavy atom. The number of nitrogens with one attached hydrogen (secondary N) is 1. The van der Waals surface area contributed by atoms with E-state index in [4.69, 9.17) is 0 Å². The van der Waals surface area contributed by atoms with Gasteiger partial charge in [-0.3, -0.25) is 10.1 Å². The fourth-order valence-electron chi connectivity index (χ4n) is 2.48. The summed E-state index contributed by atoms with van der Waals surface area (Å²) in [6.45, 7) is 3.24. The lowest BCUT2D eigenvalue weighted by Crippen LogP contribution is -2.32. The van der Waals surface area contributed by atoms with Gasteiger partial charge >= 0.3 is 0 Å². The fraction of sp³-hybridized carbons (Fsp3) is 0.600. The lowest BCUT2D eigenvalue weighted by atomic mass is 10.0. The van der Waals surface area contributed by atoms with Crippen molar-refractivity contribution in [1.29, 1.82) is 0 Å². The number of rotatable bonds is 8. The van der Waals surface area contributed by atoms with Crippen molar-refractivity contribution in [2.24, 2.45) is 5.92 Å². The van der Waals surface area contributed by atoms with Crippen molar-refractivity contribution in [3.63, 3.8) is 0 Å². The van der Waals surface area contributed by atoms with E-state index in [0.717, 1.165) is 37.3 Å². The van der Waals surface area contributed by atoms with Gasteiger partial charge in [0.2, 0.25) is 0 Å². The first-order valence-electron chi connectivity index (χ1n) is 7.17. The Bertz CT molecular complexity index is 430. The summed E-state index contributed by atoms with van der Waals surface area (Å²) in [7, 11) is 0. The zero-order valence-electron chi connectivity index (χ0n) is 11.5. The molecule has 0 aromatic heterocycles. The second-order valence-electron chi connectivity index (χ2n) is 5.36. The van der Waals surface area contributed by atoms with Gasteiger partial charge in [0, 0.05) is 18.2 Å². The van der Waals surface area contributed by atoms with Crippen LogP contribution < -0.4 is 5.32 Å². The number of hydrogen-bond acceptors (Lipinski definition) is 3. The number of aryl methyl sites for hydroxylation is 1. The third kappa shape index (κ3) is 4.31. The van der Waals surface area contributed by atoms with Crippen LogP contribution in [0.3, 0.4) is 0 Å². The molecule has 0 aliphatic heterocycles. The minimum atomic E-state index is -0.322. The molecule has 1 atom stereocenters. The summed E-state index contributed by atoms with van der Waals surface area (Å²) in [6.07, 6.45) is 5.80. The standard InChI is InChI=1S/C15H22N2O2/c1-2-10-16-15(13-7-8-13)9-6-12-4-3-5-14(11-12)17(18)19/h3-5,11,13,15-16H,2,6-10H2,1H3. The van der Waals surface area contributed by atoms with Gasteiger partial charge in [-0.1, -0.05) is 19.1 Å². The first-order chi connectivity index (χ1) is 9.20. The second kappa shape index (κ2) is 6.66. The van der Waals surface area contributed by atoms with E-state index in [0.29, 0.717) is 6.04 Å². The van der Waals surface area contributed by atoms with Crippen LogP contribution in [0.1, 0.15) is 38.2 Å². The molecule has 2 rings (SSSR count). The summed E-state index contributed by atoms with van der Waals surface area (Å²) < 4.78 is 0. The average Bonchev–Trinajstić information content (AvgIpc) is 3.23. The topological polar surface area (TPSA) is 55.2 Å². The van der Waals surface area contributed by atoms with E-state index >= 15 is 0 Å². The Kier molecular flexibility index (Phi) is 4.91. The number of nitro groups is 1. The molecular weight excluding hydrogens is 240 g/mol. The van der Waals surface area contributed by atoms with Crippen LogP contribution in [0.25, 0.3) is 0 Å². The van der Waals surface area contributed by atoms with Crippen LogP contribution in [0.15, 0.2) is 24.3 Å². The molecular formula is C15H22N2O2. The molecule has 4 heteroatoms. The number of hydrogen-bond donors (Lipinski definition) is 1. The van der Waals surface area contributed by atoms with Crippen LogP contribution in [0.4, 0.5) is 5.69 Å². The Morgan fingerprint density at radius 3 is 2.89 bits per heavy atom. The van der Waals surface area contributed by atoms with Crippen molar-refractivity contribution >= 4 is 5.69 Å². The van der Waals surface area contributed by atoms with Crippen molar-refractivity contribution < 1.29 is 4.92 Å². The Labute approximate surface area is 114 Å². The molecule has 1 aliphatic carbocycles. The predicted octanol–water partition coefficient (Wildman–Crippen LogP) is 3.31. The van der Waals surface area contributed by atoms with Gasteiger partial charge in [0.25, 0.3) is 5.69 Å². The zero-order chi connectivity index (χ0) is 13.7. The first kappa shape index (κ1) is 14.0. The molecule has 0 saturated heterocycles. The van der Waals surface area contributed by atoms with Crippen LogP contribution >= 0.6 is 0 Å². The van der Waals surface area contributed by atoms with E-state index in [1.165, 1.54) is 12.8 Å². The normalized spacial score (nSPS) is 16.3. The lowest BCUT2D eigenvalue weighted by Gasteiger charge is -2.17. The van der Waals surface area contributed by atoms with Crippen LogP contribution in [-0.2, 0) is 6.42 Å². The molecule has 4 nitrogen and oxygen atoms in total. The van der Waals surface area contributed by atoms with Crippen molar-refractivity contribution in [2.75, 3.05) is 6.54 Å². The fourth-order valence-corrected chi connectivity index (χ4v) is 2.48. The predicted molar refractivity (Wildman–Crippen MR) is 76.2 cm³/mol. The van der Waals surface area contributed by atoms with Crippen molar-refractivity contribution in [2.45, 2.75) is 45.1 Å². The van der Waals surface area contributed by atoms with E-state index in [1.807, 2.05) is 6.07 Å². The maximum absolute atomic E-state index is 10.7. The highest BCUT2D eigenvalue weighted by Gasteiger charge is 2.30. The number of benzene rings is 1. The first-order valence-corrected chi connectivity index (χ1v) is 7.17. The molecule has 0 bridgehead atoms. The molecule has 19 heavy (non-hydrogen) atoms. The largest absolute Gasteiger partial charge is 0.314 e. The van der Waals surface area contributed by atoms with Gasteiger partial charge in [0.05, 0.1) is 4.92 Å². The third-order valence-electron chi connectivity index (χ3n) is 3.71. The molecule has 104 valence electrons. The minimum absolute atomic E-state index is 0.196. The monoisotopic (exact) mass is 262 g/mol. The van der Waals surface area contributed by atoms with Gasteiger partial charge < -0.3 is 5.32 Å². The molecule has 0 amide bonds. The Morgan fingerprint density at radius 1 is 1.47 bits per heavy atom. The molecule has 1 saturated carbocycles. The molecule has 1 unspecified atom stereocenters. The molecule has 1 aromatic rings. The maximum atomic E-state index is 10.7. The quantitative estimate of drug-likeness (QED) is 0.577. The number of nitrogens with zero attached hydrogens (tertiary/aromatic N) is 1. The van der Waals surface area contributed by atoms with E-state index in [1.54, 1.807) is 18.2 Å². The third-order valence-corrected chi connectivity index (χ3v) is 3.71. The summed E-state index contributed by atoms with van der Waals surface area (Å²) in [4.78, 5) is 10.4. The zero-order valence-corrected chi connectivity index (χ0v) is 11.5. The Hall–Kier alpha value is -1.42. The van der Waals surface area contributed by atoms with Crippen molar-refractivity contribution in [3.05, 3.63) is 39.9 Å². The van der Waals surface area contributed by atoms with Crippen LogP contribution in [0.2, 0.25) is 0 Å². The van der Waals surface area contributed by atoms with E-state index in [9.17, 15) is 10.1 Å². The molecule has 1 fully saturated rings. The van der Waals surface area contributed by atoms with Gasteiger partial charge in [-0.15, -0.1) is 0 Å². The molecule has 0 radical (unpaired) electrons. The summed E-state index contributed by atoms with van der Waals surface area (Å²) in [5.74, 6) is 0.824. The smallest absolute Gasteiger partial charge is 0.269 e. The molecule has 1 aliphatic rings. The lowest BCUT2D eigenvalue weighted by molar-refractivity contribution is -0.384. The van der Waals surface area contributed by atoms with Gasteiger partial charge in [-0.05, 0) is 50.1 Å². The summed E-state index contributed by atoms with van der Waals surface area (Å²) in [5.41, 5.74) is 1.26. The molecule has 0 heterocycles. The van der Waals surface area contributed by atoms with Crippen LogP contribution in [-0.4, -0.2) is 17.5 Å². The number of non-ortho nitro benzene ring substituents is 1. The van der Waals surface area contributed by atoms with E-state index < -0.39 is 0 Å². The molecule has 1 N–H and O–H groups in total. The Balaban J connectivity index is 1.89. The minimum Gasteiger partial charge on any atom is -0.314 e. The average molecular weight is 262 g/mol. The van der Waals surface area contributed by atoms with Crippen molar-refractivity contribution in [3.8, 4) is 0 Å². The van der Waals surface area contributed by atoms with E-state index in [-0.39, 0.29) is 10.6 Å². The highest BCUT2D eigenvalue weighted by Crippen LogP contribution is 2.34. The second-order valence-corrected chi connectivity index (χ2v) is 5.36. The summed E-state index contributed by atoms with van der Waals surface area (Å²) in [6, 6.07) is 7.59. The van der Waals surface area contributed by atoms with Crippen LogP contribution in [0, 0.1) is 16.0 Å². The SMILES string of the molecule is CCCNC(CCc1cccc([N+](=O)[O-])c1)C1CC1. The van der Waals surface area contributed by atoms with Gasteiger partial charge in [0.15, 0.2) is 0 Å². The van der Waals surface area contributed by atoms with E-state index in [2.05, 4.69) is 12.2 Å². The van der Waals surface area contributed by atoms with Crippen LogP contribution in [0.5, 0.6) is 0 Å². The van der Waals surface area contributed by atoms with Gasteiger partial charge in [-0.2, -0.15) is 0 Å². The summed E-state index contributed by atoms with van der Waals surface area (Å²) >= 11 is 0. The molecule has 1 aromatic carbocycles. The van der Waals surface area contributed by atoms with Gasteiger partial charge in [-0.25, -0.2) is 0 Å². The number of nitro benzene ring substituents is 1. The highest BCUT2D eigenvalue weighted by atomic mass is 16.6. The maximum Gasteiger partial charge on any atom is 0.269 e. The molecule has 0 spiro atoms. The van der Waals surface area contributed by atoms with Crippen molar-refractivity contribution in [1.82, 2.24) is 5.32 Å². The summed E-state index contributed by atoms with van der Waals surface area (Å²) in [5, 5.41) is 14.3.